The zero-order valence-electron chi connectivity index (χ0n) is 11.1. The molecule has 0 spiro atoms. The van der Waals surface area contributed by atoms with Gasteiger partial charge in [-0.1, -0.05) is 0 Å². The van der Waals surface area contributed by atoms with Crippen LogP contribution in [0.1, 0.15) is 0 Å². The van der Waals surface area contributed by atoms with Gasteiger partial charge in [-0.15, -0.1) is 0 Å². The van der Waals surface area contributed by atoms with E-state index in [0.717, 1.165) is 26.2 Å². The Morgan fingerprint density at radius 1 is 1.12 bits per heavy atom. The molecule has 0 unspecified atom stereocenters. The standard InChI is InChI=1S/C11H25N3O3/c1-14(7-9-17-3)6-4-12-10-11(15)13-5-8-16-2/h12H,4-10H2,1-3H3,(H,13,15). The highest BCUT2D eigenvalue weighted by molar-refractivity contribution is 5.77. The van der Waals surface area contributed by atoms with Gasteiger partial charge in [-0.25, -0.2) is 0 Å². The molecule has 0 saturated heterocycles. The van der Waals surface area contributed by atoms with E-state index in [1.807, 2.05) is 7.05 Å². The van der Waals surface area contributed by atoms with Crippen LogP contribution in [0.25, 0.3) is 0 Å². The molecule has 0 aromatic heterocycles. The van der Waals surface area contributed by atoms with E-state index in [2.05, 4.69) is 15.5 Å². The first-order chi connectivity index (χ1) is 8.20. The Labute approximate surface area is 104 Å². The lowest BCUT2D eigenvalue weighted by atomic mass is 10.5. The summed E-state index contributed by atoms with van der Waals surface area (Å²) in [5.74, 6) is 0.00148. The molecule has 17 heavy (non-hydrogen) atoms. The van der Waals surface area contributed by atoms with E-state index >= 15 is 0 Å². The number of methoxy groups -OCH3 is 2. The second-order valence-corrected chi connectivity index (χ2v) is 3.82. The lowest BCUT2D eigenvalue weighted by Crippen LogP contribution is -2.38. The summed E-state index contributed by atoms with van der Waals surface area (Å²) < 4.78 is 9.81. The van der Waals surface area contributed by atoms with E-state index in [1.54, 1.807) is 14.2 Å². The Morgan fingerprint density at radius 2 is 1.82 bits per heavy atom. The highest BCUT2D eigenvalue weighted by atomic mass is 16.5. The zero-order chi connectivity index (χ0) is 12.9. The fourth-order valence-corrected chi connectivity index (χ4v) is 1.19. The number of hydrogen-bond donors (Lipinski definition) is 2. The van der Waals surface area contributed by atoms with Crippen LogP contribution in [0.15, 0.2) is 0 Å². The average Bonchev–Trinajstić information content (AvgIpc) is 2.32. The Hall–Kier alpha value is -0.690. The number of carbonyl (C=O) groups excluding carboxylic acids is 1. The Morgan fingerprint density at radius 3 is 2.47 bits per heavy atom. The van der Waals surface area contributed by atoms with Crippen LogP contribution in [0.4, 0.5) is 0 Å². The topological polar surface area (TPSA) is 62.8 Å². The monoisotopic (exact) mass is 247 g/mol. The lowest BCUT2D eigenvalue weighted by molar-refractivity contribution is -0.120. The summed E-state index contributed by atoms with van der Waals surface area (Å²) >= 11 is 0. The second-order valence-electron chi connectivity index (χ2n) is 3.82. The molecule has 0 aromatic carbocycles. The molecule has 0 rings (SSSR count). The number of hydrogen-bond acceptors (Lipinski definition) is 5. The third-order valence-corrected chi connectivity index (χ3v) is 2.26. The fraction of sp³-hybridized carbons (Fsp3) is 0.909. The van der Waals surface area contributed by atoms with E-state index in [4.69, 9.17) is 9.47 Å². The van der Waals surface area contributed by atoms with Crippen molar-refractivity contribution < 1.29 is 14.3 Å². The van der Waals surface area contributed by atoms with Crippen molar-refractivity contribution >= 4 is 5.91 Å². The van der Waals surface area contributed by atoms with Crippen LogP contribution in [-0.2, 0) is 14.3 Å². The van der Waals surface area contributed by atoms with Crippen molar-refractivity contribution in [3.8, 4) is 0 Å². The van der Waals surface area contributed by atoms with Gasteiger partial charge < -0.3 is 25.0 Å². The smallest absolute Gasteiger partial charge is 0.234 e. The van der Waals surface area contributed by atoms with Crippen LogP contribution in [0.5, 0.6) is 0 Å². The number of nitrogens with one attached hydrogen (secondary N) is 2. The largest absolute Gasteiger partial charge is 0.383 e. The first-order valence-corrected chi connectivity index (χ1v) is 5.84. The Bertz CT molecular complexity index is 191. The summed E-state index contributed by atoms with van der Waals surface area (Å²) in [6, 6.07) is 0. The van der Waals surface area contributed by atoms with Crippen molar-refractivity contribution in [2.24, 2.45) is 0 Å². The molecular weight excluding hydrogens is 222 g/mol. The van der Waals surface area contributed by atoms with Gasteiger partial charge in [0.25, 0.3) is 0 Å². The summed E-state index contributed by atoms with van der Waals surface area (Å²) in [6.07, 6.45) is 0. The van der Waals surface area contributed by atoms with Gasteiger partial charge in [0.15, 0.2) is 0 Å². The maximum atomic E-state index is 11.3. The molecule has 0 fully saturated rings. The van der Waals surface area contributed by atoms with Gasteiger partial charge in [-0.3, -0.25) is 4.79 Å². The van der Waals surface area contributed by atoms with E-state index in [-0.39, 0.29) is 5.91 Å². The highest BCUT2D eigenvalue weighted by Crippen LogP contribution is 1.80. The summed E-state index contributed by atoms with van der Waals surface area (Å²) in [7, 11) is 5.33. The number of likely N-dealkylation sites (N-methyl/N-ethyl adjacent to an activating group) is 1. The number of nitrogens with zero attached hydrogens (tertiary/aromatic N) is 1. The SMILES string of the molecule is COCCNC(=O)CNCCN(C)CCOC. The van der Waals surface area contributed by atoms with Crippen LogP contribution >= 0.6 is 0 Å². The van der Waals surface area contributed by atoms with Crippen molar-refractivity contribution in [3.05, 3.63) is 0 Å². The first kappa shape index (κ1) is 16.3. The molecule has 0 aromatic rings. The summed E-state index contributed by atoms with van der Waals surface area (Å²) in [4.78, 5) is 13.4. The molecule has 0 aliphatic heterocycles. The third kappa shape index (κ3) is 11.6. The van der Waals surface area contributed by atoms with Crippen LogP contribution < -0.4 is 10.6 Å². The average molecular weight is 247 g/mol. The Kier molecular flexibility index (Phi) is 11.3. The van der Waals surface area contributed by atoms with E-state index in [1.165, 1.54) is 0 Å². The predicted octanol–water partition coefficient (Wildman–Crippen LogP) is -1.08. The molecule has 0 heterocycles. The molecule has 102 valence electrons. The highest BCUT2D eigenvalue weighted by Gasteiger charge is 2.00. The van der Waals surface area contributed by atoms with Crippen molar-refractivity contribution in [1.82, 2.24) is 15.5 Å². The molecule has 0 atom stereocenters. The molecule has 0 saturated carbocycles. The molecule has 0 bridgehead atoms. The molecule has 1 amide bonds. The van der Waals surface area contributed by atoms with Gasteiger partial charge in [-0.05, 0) is 7.05 Å². The first-order valence-electron chi connectivity index (χ1n) is 5.84. The van der Waals surface area contributed by atoms with Crippen molar-refractivity contribution in [3.63, 3.8) is 0 Å². The molecule has 2 N–H and O–H groups in total. The number of carbonyl (C=O) groups is 1. The van der Waals surface area contributed by atoms with Crippen molar-refractivity contribution in [2.45, 2.75) is 0 Å². The van der Waals surface area contributed by atoms with Crippen LogP contribution in [0.3, 0.4) is 0 Å². The molecule has 0 radical (unpaired) electrons. The van der Waals surface area contributed by atoms with Crippen LogP contribution in [-0.4, -0.2) is 78.0 Å². The van der Waals surface area contributed by atoms with E-state index < -0.39 is 0 Å². The van der Waals surface area contributed by atoms with Crippen molar-refractivity contribution in [2.75, 3.05) is 67.2 Å². The summed E-state index contributed by atoms with van der Waals surface area (Å²) in [5.41, 5.74) is 0. The van der Waals surface area contributed by atoms with Gasteiger partial charge in [0.1, 0.15) is 0 Å². The number of ether oxygens (including phenoxy) is 2. The second kappa shape index (κ2) is 11.8. The lowest BCUT2D eigenvalue weighted by Gasteiger charge is -2.16. The van der Waals surface area contributed by atoms with E-state index in [9.17, 15) is 4.79 Å². The third-order valence-electron chi connectivity index (χ3n) is 2.26. The summed E-state index contributed by atoms with van der Waals surface area (Å²) in [6.45, 7) is 4.77. The molecule has 0 aliphatic carbocycles. The number of rotatable bonds is 11. The van der Waals surface area contributed by atoms with Crippen LogP contribution in [0.2, 0.25) is 0 Å². The van der Waals surface area contributed by atoms with Gasteiger partial charge >= 0.3 is 0 Å². The molecule has 0 aliphatic rings. The minimum Gasteiger partial charge on any atom is -0.383 e. The fourth-order valence-electron chi connectivity index (χ4n) is 1.19. The van der Waals surface area contributed by atoms with Gasteiger partial charge in [0, 0.05) is 40.4 Å². The number of amides is 1. The predicted molar refractivity (Wildman–Crippen MR) is 67.1 cm³/mol. The maximum absolute atomic E-state index is 11.3. The van der Waals surface area contributed by atoms with Gasteiger partial charge in [0.2, 0.25) is 5.91 Å². The minimum absolute atomic E-state index is 0.00148. The van der Waals surface area contributed by atoms with Crippen LogP contribution in [0, 0.1) is 0 Å². The normalized spacial score (nSPS) is 10.8. The van der Waals surface area contributed by atoms with E-state index in [0.29, 0.717) is 19.7 Å². The van der Waals surface area contributed by atoms with Gasteiger partial charge in [0.05, 0.1) is 19.8 Å². The quantitative estimate of drug-likeness (QED) is 0.455. The van der Waals surface area contributed by atoms with Crippen molar-refractivity contribution in [1.29, 1.82) is 0 Å². The zero-order valence-corrected chi connectivity index (χ0v) is 11.1. The summed E-state index contributed by atoms with van der Waals surface area (Å²) in [5, 5.41) is 5.83. The molecule has 6 heteroatoms. The Balaban J connectivity index is 3.29. The van der Waals surface area contributed by atoms with Gasteiger partial charge in [-0.2, -0.15) is 0 Å². The maximum Gasteiger partial charge on any atom is 0.234 e. The molecular formula is C11H25N3O3. The molecule has 6 nitrogen and oxygen atoms in total. The minimum atomic E-state index is 0.00148.